The van der Waals surface area contributed by atoms with Crippen LogP contribution in [-0.4, -0.2) is 97.6 Å². The lowest BCUT2D eigenvalue weighted by Crippen LogP contribution is -2.68. The van der Waals surface area contributed by atoms with E-state index in [0.717, 1.165) is 15.9 Å². The fourth-order valence-corrected chi connectivity index (χ4v) is 18.2. The van der Waals surface area contributed by atoms with Gasteiger partial charge in [-0.1, -0.05) is 136 Å². The molecule has 11 rings (SSSR count). The molecule has 0 unspecified atom stereocenters. The third-order valence-electron chi connectivity index (χ3n) is 15.9. The number of phosphoric ester groups is 1. The Morgan fingerprint density at radius 2 is 1.21 bits per heavy atom. The van der Waals surface area contributed by atoms with E-state index >= 15 is 4.57 Å². The Kier molecular flexibility index (Phi) is 15.3. The van der Waals surface area contributed by atoms with Gasteiger partial charge < -0.3 is 32.8 Å². The summed E-state index contributed by atoms with van der Waals surface area (Å²) in [4.78, 5) is 57.6. The number of hydrogen-bond acceptors (Lipinski definition) is 15. The van der Waals surface area contributed by atoms with E-state index in [0.29, 0.717) is 28.2 Å². The van der Waals surface area contributed by atoms with Crippen molar-refractivity contribution in [1.29, 1.82) is 0 Å². The number of methoxy groups -OCH3 is 2. The van der Waals surface area contributed by atoms with Crippen molar-refractivity contribution in [3.63, 3.8) is 0 Å². The normalized spacial score (nSPS) is 25.7. The maximum absolute atomic E-state index is 15.8. The van der Waals surface area contributed by atoms with Crippen LogP contribution in [0.5, 0.6) is 11.5 Å². The molecule has 6 heterocycles. The Morgan fingerprint density at radius 3 is 1.75 bits per heavy atom. The fraction of sp³-hybridized carbons (Fsp3) is 0.367. The van der Waals surface area contributed by atoms with Gasteiger partial charge in [-0.2, -0.15) is 0 Å². The minimum atomic E-state index is -4.72. The van der Waals surface area contributed by atoms with Crippen molar-refractivity contribution in [3.05, 3.63) is 221 Å². The molecule has 21 heteroatoms. The first-order valence-electron chi connectivity index (χ1n) is 26.9. The average Bonchev–Trinajstić information content (AvgIpc) is 4.21. The SMILES string of the molecule is COc1ccc(C(OC[C@@]23CO[C@@H]([C@H](n4cc(C)c(=O)[nH]c4=O)O2)[C@@H]3O[P@]2(=O)OCC[C@@H]([C@@H]3O[C@@H](n4cc(C)c(=O)[nH]c4=O)C[C@@H]3O[Si](c3ccccc3)(c3ccccc3)C(C)(C)C)O2)(c2ccccc2)c2ccc(OC)cc2)cc1. The molecule has 19 nitrogen and oxygen atoms in total. The van der Waals surface area contributed by atoms with Crippen molar-refractivity contribution >= 4 is 26.5 Å². The van der Waals surface area contributed by atoms with Crippen LogP contribution in [-0.2, 0) is 47.1 Å². The monoisotopic (exact) mass is 1140 g/mol. The number of aromatic nitrogens is 4. The number of benzene rings is 5. The van der Waals surface area contributed by atoms with Gasteiger partial charge in [0, 0.05) is 36.4 Å². The quantitative estimate of drug-likeness (QED) is 0.0537. The smallest absolute Gasteiger partial charge is 0.475 e. The molecule has 4 saturated heterocycles. The maximum atomic E-state index is 15.8. The fourth-order valence-electron chi connectivity index (χ4n) is 11.9. The molecule has 4 aliphatic heterocycles. The van der Waals surface area contributed by atoms with E-state index in [1.807, 2.05) is 115 Å². The molecule has 2 N–H and O–H groups in total. The molecule has 0 spiro atoms. The Labute approximate surface area is 468 Å². The highest BCUT2D eigenvalue weighted by atomic mass is 31.2. The van der Waals surface area contributed by atoms with Crippen molar-refractivity contribution < 1.29 is 51.0 Å². The summed E-state index contributed by atoms with van der Waals surface area (Å²) in [5.74, 6) is 1.24. The molecular formula is C60H65N4O15PSi. The van der Waals surface area contributed by atoms with Gasteiger partial charge in [-0.05, 0) is 70.2 Å². The van der Waals surface area contributed by atoms with E-state index in [1.54, 1.807) is 28.1 Å². The van der Waals surface area contributed by atoms with Gasteiger partial charge >= 0.3 is 19.2 Å². The number of aromatic amines is 2. The summed E-state index contributed by atoms with van der Waals surface area (Å²) in [7, 11) is -4.90. The van der Waals surface area contributed by atoms with Gasteiger partial charge in [0.25, 0.3) is 19.4 Å². The molecule has 0 saturated carbocycles. The molecule has 0 amide bonds. The Morgan fingerprint density at radius 1 is 0.691 bits per heavy atom. The molecule has 0 aliphatic carbocycles. The second kappa shape index (κ2) is 22.2. The largest absolute Gasteiger partial charge is 0.497 e. The van der Waals surface area contributed by atoms with Gasteiger partial charge in [-0.25, -0.2) is 14.2 Å². The summed E-state index contributed by atoms with van der Waals surface area (Å²) in [5, 5.41) is 1.50. The molecule has 7 aromatic rings. The van der Waals surface area contributed by atoms with Crippen LogP contribution in [0.2, 0.25) is 5.04 Å². The highest BCUT2D eigenvalue weighted by Gasteiger charge is 2.67. The highest BCUT2D eigenvalue weighted by Crippen LogP contribution is 2.61. The molecule has 0 radical (unpaired) electrons. The Balaban J connectivity index is 0.988. The zero-order valence-electron chi connectivity index (χ0n) is 46.0. The van der Waals surface area contributed by atoms with E-state index in [9.17, 15) is 19.2 Å². The van der Waals surface area contributed by atoms with E-state index in [2.05, 4.69) is 55.0 Å². The molecular weight excluding hydrogens is 1080 g/mol. The van der Waals surface area contributed by atoms with Crippen LogP contribution in [0.3, 0.4) is 0 Å². The van der Waals surface area contributed by atoms with Crippen molar-refractivity contribution in [2.75, 3.05) is 34.0 Å². The standard InChI is InChI=1S/C60H65N4O15PSi/c1-38-34-63(56(67)61-53(38)65)49-33-48(79-81(58(3,4)5,45-19-13-9-14-20-45)46-21-15-10-16-22-46)50(75-49)47-31-32-74-80(69,77-47)78-52-51-55(64-35-39(2)54(66)62-57(64)68)76-59(52,36-72-51)37-73-60(40-17-11-8-12-18-40,41-23-27-43(70-6)28-24-41)42-25-29-44(71-7)30-26-42/h8-30,34-35,47-52,55H,31-33,36-37H2,1-7H3,(H,61,65,67)(H,62,66,68)/t47-,48-,49+,50-,51+,52-,55+,59+,80+/m0/s1. The molecule has 424 valence electrons. The topological polar surface area (TPSA) is 219 Å². The van der Waals surface area contributed by atoms with Gasteiger partial charge in [-0.15, -0.1) is 0 Å². The van der Waals surface area contributed by atoms with E-state index in [-0.39, 0.29) is 38.2 Å². The summed E-state index contributed by atoms with van der Waals surface area (Å²) >= 11 is 0. The van der Waals surface area contributed by atoms with Crippen LogP contribution in [0.25, 0.3) is 0 Å². The van der Waals surface area contributed by atoms with Crippen LogP contribution >= 0.6 is 7.82 Å². The van der Waals surface area contributed by atoms with Crippen molar-refractivity contribution in [3.8, 4) is 11.5 Å². The third-order valence-corrected chi connectivity index (χ3v) is 22.5. The van der Waals surface area contributed by atoms with Gasteiger partial charge in [0.05, 0.1) is 40.1 Å². The zero-order chi connectivity index (χ0) is 56.9. The number of aryl methyl sites for hydroxylation is 2. The number of hydrogen-bond donors (Lipinski definition) is 2. The molecule has 9 atom stereocenters. The number of phosphoric acid groups is 1. The Hall–Kier alpha value is -6.81. The van der Waals surface area contributed by atoms with Crippen LogP contribution < -0.4 is 42.3 Å². The lowest BCUT2D eigenvalue weighted by Gasteiger charge is -2.46. The van der Waals surface area contributed by atoms with Gasteiger partial charge in [0.2, 0.25) is 0 Å². The predicted octanol–water partition coefficient (Wildman–Crippen LogP) is 6.93. The first-order chi connectivity index (χ1) is 38.9. The van der Waals surface area contributed by atoms with Crippen molar-refractivity contribution in [1.82, 2.24) is 19.1 Å². The number of fused-ring (bicyclic) bond motifs is 2. The van der Waals surface area contributed by atoms with Crippen molar-refractivity contribution in [2.45, 2.75) is 107 Å². The van der Waals surface area contributed by atoms with E-state index < -0.39 is 97.9 Å². The van der Waals surface area contributed by atoms with Gasteiger partial charge in [0.1, 0.15) is 53.3 Å². The number of ether oxygens (including phenoxy) is 6. The van der Waals surface area contributed by atoms with Gasteiger partial charge in [0.15, 0.2) is 6.23 Å². The molecule has 4 fully saturated rings. The predicted molar refractivity (Wildman–Crippen MR) is 302 cm³/mol. The summed E-state index contributed by atoms with van der Waals surface area (Å²) in [5.41, 5.74) is -2.87. The summed E-state index contributed by atoms with van der Waals surface area (Å²) in [6.45, 7) is 9.04. The van der Waals surface area contributed by atoms with Crippen LogP contribution in [0, 0.1) is 13.8 Å². The molecule has 4 aliphatic rings. The maximum Gasteiger partial charge on any atom is 0.475 e. The first kappa shape index (κ1) is 56.1. The minimum absolute atomic E-state index is 0.118. The van der Waals surface area contributed by atoms with Crippen LogP contribution in [0.15, 0.2) is 171 Å². The number of rotatable bonds is 17. The lowest BCUT2D eigenvalue weighted by atomic mass is 9.79. The average molecular weight is 1140 g/mol. The number of nitrogens with one attached hydrogen (secondary N) is 2. The zero-order valence-corrected chi connectivity index (χ0v) is 47.9. The summed E-state index contributed by atoms with van der Waals surface area (Å²) in [6.07, 6.45) is -4.31. The number of nitrogens with zero attached hydrogens (tertiary/aromatic N) is 2. The molecule has 81 heavy (non-hydrogen) atoms. The van der Waals surface area contributed by atoms with Crippen molar-refractivity contribution in [2.24, 2.45) is 0 Å². The van der Waals surface area contributed by atoms with Gasteiger partial charge in [-0.3, -0.25) is 42.3 Å². The van der Waals surface area contributed by atoms with Crippen LogP contribution in [0.4, 0.5) is 0 Å². The molecule has 5 aromatic carbocycles. The first-order valence-corrected chi connectivity index (χ1v) is 30.3. The number of H-pyrrole nitrogens is 2. The minimum Gasteiger partial charge on any atom is -0.497 e. The highest BCUT2D eigenvalue weighted by molar-refractivity contribution is 7.48. The van der Waals surface area contributed by atoms with E-state index in [4.69, 9.17) is 46.4 Å². The lowest BCUT2D eigenvalue weighted by molar-refractivity contribution is -0.204. The molecule has 2 bridgehead atoms. The second-order valence-electron chi connectivity index (χ2n) is 21.9. The Bertz CT molecular complexity index is 3580. The molecule has 2 aromatic heterocycles. The summed E-state index contributed by atoms with van der Waals surface area (Å²) < 4.78 is 84.7. The summed E-state index contributed by atoms with van der Waals surface area (Å²) in [6, 6.07) is 44.8. The second-order valence-corrected chi connectivity index (χ2v) is 27.8. The van der Waals surface area contributed by atoms with Crippen LogP contribution in [0.1, 0.15) is 73.9 Å². The third kappa shape index (κ3) is 10.3. The van der Waals surface area contributed by atoms with E-state index in [1.165, 1.54) is 21.5 Å².